The average molecular weight is 529 g/mol. The Kier molecular flexibility index (Phi) is 8.41. The van der Waals surface area contributed by atoms with Crippen molar-refractivity contribution < 1.29 is 27.1 Å². The van der Waals surface area contributed by atoms with Gasteiger partial charge in [-0.1, -0.05) is 30.3 Å². The molecule has 0 unspecified atom stereocenters. The first kappa shape index (κ1) is 27.6. The van der Waals surface area contributed by atoms with Gasteiger partial charge in [0, 0.05) is 43.7 Å². The standard InChI is InChI=1S/C30H32F4N2O2/c1-20(2)36(29(37)22-10-12-26(31)13-11-22)18-24-17-35(16-21-6-4-9-27(14-21)38-3)19-28(24)23-7-5-8-25(15-23)30(32,33)34/h4-15,20,24,28H,16-19H2,1-3H3/t24-,28-/m0/s1. The van der Waals surface area contributed by atoms with Crippen LogP contribution in [0.5, 0.6) is 5.75 Å². The van der Waals surface area contributed by atoms with Gasteiger partial charge in [0.2, 0.25) is 0 Å². The Bertz CT molecular complexity index is 1240. The maximum absolute atomic E-state index is 13.5. The zero-order valence-corrected chi connectivity index (χ0v) is 21.7. The topological polar surface area (TPSA) is 32.8 Å². The summed E-state index contributed by atoms with van der Waals surface area (Å²) in [7, 11) is 1.60. The average Bonchev–Trinajstić information content (AvgIpc) is 3.29. The van der Waals surface area contributed by atoms with E-state index in [0.29, 0.717) is 37.3 Å². The molecule has 3 aromatic carbocycles. The third-order valence-electron chi connectivity index (χ3n) is 7.11. The number of carbonyl (C=O) groups excluding carboxylic acids is 1. The largest absolute Gasteiger partial charge is 0.497 e. The molecule has 2 atom stereocenters. The molecule has 0 bridgehead atoms. The molecule has 0 aromatic heterocycles. The van der Waals surface area contributed by atoms with Gasteiger partial charge < -0.3 is 9.64 Å². The number of nitrogens with zero attached hydrogens (tertiary/aromatic N) is 2. The molecule has 3 aromatic rings. The van der Waals surface area contributed by atoms with Crippen LogP contribution >= 0.6 is 0 Å². The summed E-state index contributed by atoms with van der Waals surface area (Å²) in [6, 6.07) is 18.5. The molecule has 0 aliphatic carbocycles. The molecule has 0 saturated carbocycles. The number of benzene rings is 3. The number of hydrogen-bond donors (Lipinski definition) is 0. The number of alkyl halides is 3. The summed E-state index contributed by atoms with van der Waals surface area (Å²) in [5.74, 6) is -0.218. The Hall–Kier alpha value is -3.39. The van der Waals surface area contributed by atoms with Gasteiger partial charge in [0.25, 0.3) is 5.91 Å². The lowest BCUT2D eigenvalue weighted by Gasteiger charge is -2.32. The molecule has 202 valence electrons. The lowest BCUT2D eigenvalue weighted by atomic mass is 9.87. The fraction of sp³-hybridized carbons (Fsp3) is 0.367. The molecule has 8 heteroatoms. The zero-order chi connectivity index (χ0) is 27.4. The lowest BCUT2D eigenvalue weighted by Crippen LogP contribution is -2.42. The van der Waals surface area contributed by atoms with Crippen LogP contribution in [-0.2, 0) is 12.7 Å². The monoisotopic (exact) mass is 528 g/mol. The maximum atomic E-state index is 13.5. The van der Waals surface area contributed by atoms with Crippen LogP contribution in [0.3, 0.4) is 0 Å². The highest BCUT2D eigenvalue weighted by molar-refractivity contribution is 5.94. The van der Waals surface area contributed by atoms with E-state index in [9.17, 15) is 22.4 Å². The smallest absolute Gasteiger partial charge is 0.416 e. The molecule has 0 radical (unpaired) electrons. The molecule has 4 nitrogen and oxygen atoms in total. The van der Waals surface area contributed by atoms with E-state index < -0.39 is 17.6 Å². The molecule has 38 heavy (non-hydrogen) atoms. The van der Waals surface area contributed by atoms with Gasteiger partial charge in [-0.05, 0) is 73.4 Å². The third kappa shape index (κ3) is 6.54. The second kappa shape index (κ2) is 11.6. The number of ether oxygens (including phenoxy) is 1. The van der Waals surface area contributed by atoms with E-state index in [0.717, 1.165) is 17.4 Å². The Balaban J connectivity index is 1.63. The van der Waals surface area contributed by atoms with Crippen LogP contribution in [0.2, 0.25) is 0 Å². The molecule has 0 spiro atoms. The number of carbonyl (C=O) groups is 1. The number of hydrogen-bond acceptors (Lipinski definition) is 3. The zero-order valence-electron chi connectivity index (χ0n) is 21.7. The highest BCUT2D eigenvalue weighted by atomic mass is 19.4. The maximum Gasteiger partial charge on any atom is 0.416 e. The molecule has 0 N–H and O–H groups in total. The summed E-state index contributed by atoms with van der Waals surface area (Å²) in [5, 5.41) is 0. The van der Waals surface area contributed by atoms with Gasteiger partial charge >= 0.3 is 6.18 Å². The molecular weight excluding hydrogens is 496 g/mol. The Morgan fingerprint density at radius 2 is 1.74 bits per heavy atom. The highest BCUT2D eigenvalue weighted by Gasteiger charge is 2.38. The molecule has 1 saturated heterocycles. The number of methoxy groups -OCH3 is 1. The minimum absolute atomic E-state index is 0.101. The Morgan fingerprint density at radius 1 is 1.03 bits per heavy atom. The summed E-state index contributed by atoms with van der Waals surface area (Å²) >= 11 is 0. The van der Waals surface area contributed by atoms with Crippen molar-refractivity contribution in [2.45, 2.75) is 38.5 Å². The Labute approximate surface area is 220 Å². The van der Waals surface area contributed by atoms with Gasteiger partial charge in [0.15, 0.2) is 0 Å². The minimum atomic E-state index is -4.44. The van der Waals surface area contributed by atoms with Crippen molar-refractivity contribution in [1.82, 2.24) is 9.80 Å². The van der Waals surface area contributed by atoms with Crippen LogP contribution in [0.15, 0.2) is 72.8 Å². The van der Waals surface area contributed by atoms with Crippen molar-refractivity contribution in [1.29, 1.82) is 0 Å². The van der Waals surface area contributed by atoms with Crippen LogP contribution in [0.1, 0.15) is 46.8 Å². The molecule has 1 amide bonds. The quantitative estimate of drug-likeness (QED) is 0.308. The third-order valence-corrected chi connectivity index (χ3v) is 7.11. The fourth-order valence-electron chi connectivity index (χ4n) is 5.17. The first-order valence-electron chi connectivity index (χ1n) is 12.6. The predicted molar refractivity (Wildman–Crippen MR) is 139 cm³/mol. The van der Waals surface area contributed by atoms with Gasteiger partial charge in [-0.25, -0.2) is 4.39 Å². The van der Waals surface area contributed by atoms with Gasteiger partial charge in [0.1, 0.15) is 11.6 Å². The summed E-state index contributed by atoms with van der Waals surface area (Å²) in [6.07, 6.45) is -4.44. The van der Waals surface area contributed by atoms with E-state index in [1.807, 2.05) is 38.1 Å². The van der Waals surface area contributed by atoms with Crippen LogP contribution in [0.25, 0.3) is 0 Å². The molecule has 1 aliphatic heterocycles. The predicted octanol–water partition coefficient (Wildman–Crippen LogP) is 6.62. The van der Waals surface area contributed by atoms with Crippen molar-refractivity contribution >= 4 is 5.91 Å². The number of amides is 1. The van der Waals surface area contributed by atoms with Crippen molar-refractivity contribution in [3.05, 3.63) is 101 Å². The van der Waals surface area contributed by atoms with Crippen molar-refractivity contribution in [3.8, 4) is 5.75 Å². The SMILES string of the molecule is COc1cccc(CN2C[C@@H](CN(C(=O)c3ccc(F)cc3)C(C)C)[C@H](c3cccc(C(F)(F)F)c3)C2)c1. The summed E-state index contributed by atoms with van der Waals surface area (Å²) < 4.78 is 59.4. The van der Waals surface area contributed by atoms with Crippen molar-refractivity contribution in [2.75, 3.05) is 26.7 Å². The van der Waals surface area contributed by atoms with Gasteiger partial charge in [-0.2, -0.15) is 13.2 Å². The molecular formula is C30H32F4N2O2. The Morgan fingerprint density at radius 3 is 2.39 bits per heavy atom. The second-order valence-corrected chi connectivity index (χ2v) is 10.1. The summed E-state index contributed by atoms with van der Waals surface area (Å²) in [5.41, 5.74) is 1.34. The van der Waals surface area contributed by atoms with Crippen molar-refractivity contribution in [2.24, 2.45) is 5.92 Å². The molecule has 1 heterocycles. The van der Waals surface area contributed by atoms with E-state index in [2.05, 4.69) is 4.90 Å². The van der Waals surface area contributed by atoms with Crippen LogP contribution < -0.4 is 4.74 Å². The molecule has 1 aliphatic rings. The van der Waals surface area contributed by atoms with E-state index in [-0.39, 0.29) is 23.8 Å². The summed E-state index contributed by atoms with van der Waals surface area (Å²) in [4.78, 5) is 17.3. The molecule has 1 fully saturated rings. The van der Waals surface area contributed by atoms with E-state index >= 15 is 0 Å². The second-order valence-electron chi connectivity index (χ2n) is 10.1. The first-order chi connectivity index (χ1) is 18.0. The number of halogens is 4. The van der Waals surface area contributed by atoms with Crippen LogP contribution in [-0.4, -0.2) is 48.5 Å². The van der Waals surface area contributed by atoms with E-state index in [1.54, 1.807) is 18.1 Å². The van der Waals surface area contributed by atoms with Crippen LogP contribution in [0.4, 0.5) is 17.6 Å². The van der Waals surface area contributed by atoms with Crippen molar-refractivity contribution in [3.63, 3.8) is 0 Å². The van der Waals surface area contributed by atoms with Gasteiger partial charge in [-0.3, -0.25) is 9.69 Å². The minimum Gasteiger partial charge on any atom is -0.497 e. The number of rotatable bonds is 8. The van der Waals surface area contributed by atoms with Crippen LogP contribution in [0, 0.1) is 11.7 Å². The number of likely N-dealkylation sites (tertiary alicyclic amines) is 1. The van der Waals surface area contributed by atoms with Gasteiger partial charge in [-0.15, -0.1) is 0 Å². The summed E-state index contributed by atoms with van der Waals surface area (Å²) in [6.45, 7) is 5.95. The van der Waals surface area contributed by atoms with E-state index in [1.165, 1.54) is 36.4 Å². The molecule has 4 rings (SSSR count). The fourth-order valence-corrected chi connectivity index (χ4v) is 5.17. The van der Waals surface area contributed by atoms with E-state index in [4.69, 9.17) is 4.74 Å². The van der Waals surface area contributed by atoms with Gasteiger partial charge in [0.05, 0.1) is 12.7 Å². The lowest BCUT2D eigenvalue weighted by molar-refractivity contribution is -0.137. The highest BCUT2D eigenvalue weighted by Crippen LogP contribution is 2.38. The first-order valence-corrected chi connectivity index (χ1v) is 12.6. The normalized spacial score (nSPS) is 18.1.